The first-order chi connectivity index (χ1) is 6.81. The third-order valence-electron chi connectivity index (χ3n) is 2.30. The van der Waals surface area contributed by atoms with Gasteiger partial charge < -0.3 is 9.72 Å². The Morgan fingerprint density at radius 1 is 1.79 bits per heavy atom. The fourth-order valence-electron chi connectivity index (χ4n) is 1.58. The van der Waals surface area contributed by atoms with Crippen molar-refractivity contribution in [1.82, 2.24) is 15.3 Å². The molecule has 0 aromatic carbocycles. The van der Waals surface area contributed by atoms with Gasteiger partial charge in [-0.05, 0) is 6.92 Å². The summed E-state index contributed by atoms with van der Waals surface area (Å²) >= 11 is 0. The Labute approximate surface area is 81.9 Å². The van der Waals surface area contributed by atoms with Crippen molar-refractivity contribution in [1.29, 1.82) is 0 Å². The normalized spacial score (nSPS) is 20.2. The summed E-state index contributed by atoms with van der Waals surface area (Å²) in [6, 6.07) is -0.245. The van der Waals surface area contributed by atoms with Gasteiger partial charge in [0.25, 0.3) is 0 Å². The van der Waals surface area contributed by atoms with Crippen LogP contribution in [0.4, 0.5) is 0 Å². The topological polar surface area (TPSA) is 67.0 Å². The van der Waals surface area contributed by atoms with Gasteiger partial charge in [0.15, 0.2) is 0 Å². The van der Waals surface area contributed by atoms with E-state index in [0.717, 1.165) is 11.4 Å². The average Bonchev–Trinajstić information content (AvgIpc) is 2.64. The summed E-state index contributed by atoms with van der Waals surface area (Å²) in [5.41, 5.74) is 2.02. The van der Waals surface area contributed by atoms with Crippen molar-refractivity contribution < 1.29 is 9.53 Å². The van der Waals surface area contributed by atoms with Gasteiger partial charge in [0.1, 0.15) is 6.04 Å². The number of H-pyrrole nitrogens is 1. The molecule has 2 N–H and O–H groups in total. The molecule has 1 atom stereocenters. The Hall–Kier alpha value is -1.36. The number of rotatable bonds is 2. The van der Waals surface area contributed by atoms with Crippen LogP contribution < -0.4 is 5.32 Å². The van der Waals surface area contributed by atoms with Crippen molar-refractivity contribution in [3.63, 3.8) is 0 Å². The predicted molar refractivity (Wildman–Crippen MR) is 49.6 cm³/mol. The van der Waals surface area contributed by atoms with Crippen LogP contribution in [0.5, 0.6) is 0 Å². The van der Waals surface area contributed by atoms with E-state index < -0.39 is 0 Å². The second-order valence-corrected chi connectivity index (χ2v) is 3.22. The first kappa shape index (κ1) is 9.21. The first-order valence-electron chi connectivity index (χ1n) is 4.72. The zero-order chi connectivity index (χ0) is 9.97. The number of fused-ring (bicyclic) bond motifs is 1. The summed E-state index contributed by atoms with van der Waals surface area (Å²) in [4.78, 5) is 18.6. The molecule has 0 saturated heterocycles. The Morgan fingerprint density at radius 2 is 2.64 bits per heavy atom. The first-order valence-corrected chi connectivity index (χ1v) is 4.72. The molecule has 14 heavy (non-hydrogen) atoms. The zero-order valence-corrected chi connectivity index (χ0v) is 8.04. The fraction of sp³-hybridized carbons (Fsp3) is 0.556. The lowest BCUT2D eigenvalue weighted by Gasteiger charge is -2.20. The maximum atomic E-state index is 11.4. The second kappa shape index (κ2) is 3.79. The molecular formula is C9H13N3O2. The van der Waals surface area contributed by atoms with E-state index in [0.29, 0.717) is 19.6 Å². The summed E-state index contributed by atoms with van der Waals surface area (Å²) < 4.78 is 4.93. The molecule has 0 amide bonds. The fourth-order valence-corrected chi connectivity index (χ4v) is 1.58. The van der Waals surface area contributed by atoms with Crippen LogP contribution >= 0.6 is 0 Å². The van der Waals surface area contributed by atoms with Crippen LogP contribution in [0.1, 0.15) is 18.3 Å². The van der Waals surface area contributed by atoms with Gasteiger partial charge in [0.2, 0.25) is 0 Å². The molecule has 1 aliphatic heterocycles. The molecule has 2 rings (SSSR count). The Kier molecular flexibility index (Phi) is 2.49. The van der Waals surface area contributed by atoms with E-state index in [2.05, 4.69) is 15.3 Å². The number of imidazole rings is 1. The average molecular weight is 195 g/mol. The van der Waals surface area contributed by atoms with Crippen LogP contribution in [-0.2, 0) is 22.5 Å². The van der Waals surface area contributed by atoms with Crippen LogP contribution in [0.2, 0.25) is 0 Å². The smallest absolute Gasteiger partial charge is 0.323 e. The van der Waals surface area contributed by atoms with Gasteiger partial charge in [-0.15, -0.1) is 0 Å². The molecule has 5 heteroatoms. The lowest BCUT2D eigenvalue weighted by Crippen LogP contribution is -2.42. The zero-order valence-electron chi connectivity index (χ0n) is 8.04. The third kappa shape index (κ3) is 1.63. The summed E-state index contributed by atoms with van der Waals surface area (Å²) in [5.74, 6) is -0.193. The van der Waals surface area contributed by atoms with Crippen molar-refractivity contribution in [3.05, 3.63) is 17.7 Å². The molecule has 1 aliphatic rings. The molecule has 2 heterocycles. The lowest BCUT2D eigenvalue weighted by atomic mass is 10.1. The Morgan fingerprint density at radius 3 is 3.43 bits per heavy atom. The summed E-state index contributed by atoms with van der Waals surface area (Å²) in [7, 11) is 0. The van der Waals surface area contributed by atoms with Crippen LogP contribution in [0.25, 0.3) is 0 Å². The van der Waals surface area contributed by atoms with Crippen molar-refractivity contribution >= 4 is 5.97 Å². The molecule has 1 aromatic heterocycles. The number of aromatic nitrogens is 2. The molecule has 76 valence electrons. The van der Waals surface area contributed by atoms with E-state index >= 15 is 0 Å². The van der Waals surface area contributed by atoms with Crippen LogP contribution in [0.3, 0.4) is 0 Å². The number of carbonyl (C=O) groups is 1. The predicted octanol–water partition coefficient (Wildman–Crippen LogP) is -0.0129. The summed E-state index contributed by atoms with van der Waals surface area (Å²) in [6.07, 6.45) is 2.26. The van der Waals surface area contributed by atoms with Gasteiger partial charge in [0, 0.05) is 13.0 Å². The van der Waals surface area contributed by atoms with Crippen molar-refractivity contribution in [3.8, 4) is 0 Å². The SMILES string of the molecule is CCOC(=O)[C@H]1Cc2nc[nH]c2CN1. The van der Waals surface area contributed by atoms with E-state index in [1.807, 2.05) is 0 Å². The van der Waals surface area contributed by atoms with E-state index in [9.17, 15) is 4.79 Å². The van der Waals surface area contributed by atoms with Crippen LogP contribution in [0.15, 0.2) is 6.33 Å². The van der Waals surface area contributed by atoms with E-state index in [4.69, 9.17) is 4.74 Å². The number of hydrogen-bond acceptors (Lipinski definition) is 4. The van der Waals surface area contributed by atoms with Gasteiger partial charge in [-0.25, -0.2) is 4.98 Å². The molecule has 0 bridgehead atoms. The number of nitrogens with one attached hydrogen (secondary N) is 2. The molecule has 0 spiro atoms. The van der Waals surface area contributed by atoms with Crippen molar-refractivity contribution in [2.24, 2.45) is 0 Å². The summed E-state index contributed by atoms with van der Waals surface area (Å²) in [5, 5.41) is 3.10. The molecule has 5 nitrogen and oxygen atoms in total. The minimum atomic E-state index is -0.245. The lowest BCUT2D eigenvalue weighted by molar-refractivity contribution is -0.145. The largest absolute Gasteiger partial charge is 0.465 e. The molecule has 0 saturated carbocycles. The van der Waals surface area contributed by atoms with Crippen LogP contribution in [0, 0.1) is 0 Å². The van der Waals surface area contributed by atoms with Gasteiger partial charge in [-0.1, -0.05) is 0 Å². The van der Waals surface area contributed by atoms with E-state index in [1.54, 1.807) is 13.3 Å². The molecule has 0 radical (unpaired) electrons. The van der Waals surface area contributed by atoms with Crippen molar-refractivity contribution in [2.75, 3.05) is 6.61 Å². The number of esters is 1. The number of hydrogen-bond donors (Lipinski definition) is 2. The number of ether oxygens (including phenoxy) is 1. The van der Waals surface area contributed by atoms with Gasteiger partial charge >= 0.3 is 5.97 Å². The standard InChI is InChI=1S/C9H13N3O2/c1-2-14-9(13)7-3-6-8(4-10-7)12-5-11-6/h5,7,10H,2-4H2,1H3,(H,11,12)/t7-/m1/s1. The molecular weight excluding hydrogens is 182 g/mol. The highest BCUT2D eigenvalue weighted by atomic mass is 16.5. The highest BCUT2D eigenvalue weighted by molar-refractivity contribution is 5.76. The van der Waals surface area contributed by atoms with Gasteiger partial charge in [-0.3, -0.25) is 10.1 Å². The van der Waals surface area contributed by atoms with E-state index in [1.165, 1.54) is 0 Å². The highest BCUT2D eigenvalue weighted by Crippen LogP contribution is 2.12. The maximum absolute atomic E-state index is 11.4. The van der Waals surface area contributed by atoms with Crippen molar-refractivity contribution in [2.45, 2.75) is 25.9 Å². The third-order valence-corrected chi connectivity index (χ3v) is 2.30. The molecule has 0 unspecified atom stereocenters. The Balaban J connectivity index is 2.04. The number of nitrogens with zero attached hydrogens (tertiary/aromatic N) is 1. The highest BCUT2D eigenvalue weighted by Gasteiger charge is 2.26. The number of carbonyl (C=O) groups excluding carboxylic acids is 1. The molecule has 0 aliphatic carbocycles. The maximum Gasteiger partial charge on any atom is 0.323 e. The monoisotopic (exact) mass is 195 g/mol. The second-order valence-electron chi connectivity index (χ2n) is 3.22. The molecule has 1 aromatic rings. The van der Waals surface area contributed by atoms with Gasteiger partial charge in [-0.2, -0.15) is 0 Å². The minimum Gasteiger partial charge on any atom is -0.465 e. The van der Waals surface area contributed by atoms with Gasteiger partial charge in [0.05, 0.1) is 24.3 Å². The van der Waals surface area contributed by atoms with Crippen LogP contribution in [-0.4, -0.2) is 28.6 Å². The number of aromatic amines is 1. The molecule has 0 fully saturated rings. The Bertz CT molecular complexity index is 335. The van der Waals surface area contributed by atoms with E-state index in [-0.39, 0.29) is 12.0 Å². The quantitative estimate of drug-likeness (QED) is 0.651. The summed E-state index contributed by atoms with van der Waals surface area (Å²) in [6.45, 7) is 2.88. The minimum absolute atomic E-state index is 0.193.